The molecule has 0 radical (unpaired) electrons. The highest BCUT2D eigenvalue weighted by molar-refractivity contribution is 5.93. The smallest absolute Gasteiger partial charge is 0.289 e. The first-order valence-corrected chi connectivity index (χ1v) is 8.75. The van der Waals surface area contributed by atoms with Crippen molar-refractivity contribution in [3.8, 4) is 0 Å². The van der Waals surface area contributed by atoms with Gasteiger partial charge >= 0.3 is 0 Å². The predicted molar refractivity (Wildman–Crippen MR) is 102 cm³/mol. The standard InChI is InChI=1S/C21H20N2O3/c1-15-7-8-19-17(13-15)18(24)14-20(26-19)21(25)23-11-9-22(10-12-23)16-5-3-2-4-6-16/h2-8,13-14H,9-12H2,1H3. The summed E-state index contributed by atoms with van der Waals surface area (Å²) in [4.78, 5) is 29.1. The second kappa shape index (κ2) is 6.67. The number of nitrogens with zero attached hydrogens (tertiary/aromatic N) is 2. The van der Waals surface area contributed by atoms with Crippen LogP contribution >= 0.6 is 0 Å². The topological polar surface area (TPSA) is 53.8 Å². The number of amides is 1. The molecule has 1 amide bonds. The van der Waals surface area contributed by atoms with Crippen molar-refractivity contribution in [2.75, 3.05) is 31.1 Å². The lowest BCUT2D eigenvalue weighted by Crippen LogP contribution is -2.48. The first-order valence-electron chi connectivity index (χ1n) is 8.75. The normalized spacial score (nSPS) is 14.7. The van der Waals surface area contributed by atoms with Gasteiger partial charge in [0.2, 0.25) is 0 Å². The van der Waals surface area contributed by atoms with E-state index in [2.05, 4.69) is 17.0 Å². The Morgan fingerprint density at radius 3 is 2.42 bits per heavy atom. The Balaban J connectivity index is 1.53. The lowest BCUT2D eigenvalue weighted by molar-refractivity contribution is 0.0715. The molecule has 2 heterocycles. The molecule has 26 heavy (non-hydrogen) atoms. The molecule has 0 aliphatic carbocycles. The van der Waals surface area contributed by atoms with Gasteiger partial charge in [0.25, 0.3) is 5.91 Å². The number of aryl methyl sites for hydroxylation is 1. The van der Waals surface area contributed by atoms with E-state index in [1.54, 1.807) is 17.0 Å². The number of fused-ring (bicyclic) bond motifs is 1. The summed E-state index contributed by atoms with van der Waals surface area (Å²) < 4.78 is 5.72. The monoisotopic (exact) mass is 348 g/mol. The number of hydrogen-bond acceptors (Lipinski definition) is 4. The maximum atomic E-state index is 12.8. The van der Waals surface area contributed by atoms with E-state index in [1.807, 2.05) is 31.2 Å². The number of carbonyl (C=O) groups excluding carboxylic acids is 1. The third-order valence-electron chi connectivity index (χ3n) is 4.78. The fraction of sp³-hybridized carbons (Fsp3) is 0.238. The van der Waals surface area contributed by atoms with E-state index >= 15 is 0 Å². The first kappa shape index (κ1) is 16.4. The van der Waals surface area contributed by atoms with Crippen molar-refractivity contribution in [3.63, 3.8) is 0 Å². The molecule has 132 valence electrons. The van der Waals surface area contributed by atoms with Gasteiger partial charge in [-0.25, -0.2) is 0 Å². The summed E-state index contributed by atoms with van der Waals surface area (Å²) in [5.74, 6) is -0.114. The van der Waals surface area contributed by atoms with Crippen LogP contribution in [-0.4, -0.2) is 37.0 Å². The van der Waals surface area contributed by atoms with Gasteiger partial charge in [-0.3, -0.25) is 9.59 Å². The van der Waals surface area contributed by atoms with Gasteiger partial charge in [-0.1, -0.05) is 29.8 Å². The average molecular weight is 348 g/mol. The lowest BCUT2D eigenvalue weighted by Gasteiger charge is -2.35. The highest BCUT2D eigenvalue weighted by Crippen LogP contribution is 2.18. The van der Waals surface area contributed by atoms with Crippen molar-refractivity contribution in [1.82, 2.24) is 4.90 Å². The largest absolute Gasteiger partial charge is 0.451 e. The van der Waals surface area contributed by atoms with Crippen LogP contribution < -0.4 is 10.3 Å². The van der Waals surface area contributed by atoms with E-state index in [1.165, 1.54) is 6.07 Å². The molecule has 1 saturated heterocycles. The molecule has 0 atom stereocenters. The van der Waals surface area contributed by atoms with E-state index in [0.717, 1.165) is 24.3 Å². The molecule has 0 saturated carbocycles. The number of hydrogen-bond donors (Lipinski definition) is 0. The molecule has 0 unspecified atom stereocenters. The molecule has 5 nitrogen and oxygen atoms in total. The zero-order valence-corrected chi connectivity index (χ0v) is 14.6. The van der Waals surface area contributed by atoms with E-state index in [-0.39, 0.29) is 17.1 Å². The molecular weight excluding hydrogens is 328 g/mol. The average Bonchev–Trinajstić information content (AvgIpc) is 2.68. The van der Waals surface area contributed by atoms with Crippen molar-refractivity contribution in [3.05, 3.63) is 76.1 Å². The fourth-order valence-corrected chi connectivity index (χ4v) is 3.34. The van der Waals surface area contributed by atoms with E-state index in [0.29, 0.717) is 24.1 Å². The number of benzene rings is 2. The SMILES string of the molecule is Cc1ccc2oc(C(=O)N3CCN(c4ccccc4)CC3)cc(=O)c2c1. The van der Waals surface area contributed by atoms with Crippen molar-refractivity contribution >= 4 is 22.6 Å². The Morgan fingerprint density at radius 2 is 1.69 bits per heavy atom. The molecule has 0 spiro atoms. The first-order chi connectivity index (χ1) is 12.6. The van der Waals surface area contributed by atoms with Crippen LogP contribution in [0, 0.1) is 6.92 Å². The molecule has 5 heteroatoms. The summed E-state index contributed by atoms with van der Waals surface area (Å²) in [6, 6.07) is 16.9. The highest BCUT2D eigenvalue weighted by atomic mass is 16.3. The summed E-state index contributed by atoms with van der Waals surface area (Å²) in [7, 11) is 0. The summed E-state index contributed by atoms with van der Waals surface area (Å²) in [6.07, 6.45) is 0. The summed E-state index contributed by atoms with van der Waals surface area (Å²) in [5, 5.41) is 0.510. The maximum Gasteiger partial charge on any atom is 0.289 e. The number of rotatable bonds is 2. The van der Waals surface area contributed by atoms with Crippen LogP contribution in [0.5, 0.6) is 0 Å². The van der Waals surface area contributed by atoms with Crippen molar-refractivity contribution in [1.29, 1.82) is 0 Å². The summed E-state index contributed by atoms with van der Waals surface area (Å²) in [6.45, 7) is 4.64. The lowest BCUT2D eigenvalue weighted by atomic mass is 10.1. The molecule has 0 N–H and O–H groups in total. The fourth-order valence-electron chi connectivity index (χ4n) is 3.34. The second-order valence-electron chi connectivity index (χ2n) is 6.59. The van der Waals surface area contributed by atoms with Gasteiger partial charge in [-0.15, -0.1) is 0 Å². The quantitative estimate of drug-likeness (QED) is 0.714. The second-order valence-corrected chi connectivity index (χ2v) is 6.59. The van der Waals surface area contributed by atoms with Crippen LogP contribution in [-0.2, 0) is 0 Å². The van der Waals surface area contributed by atoms with Crippen LogP contribution in [0.15, 0.2) is 63.8 Å². The molecule has 1 fully saturated rings. The van der Waals surface area contributed by atoms with Gasteiger partial charge in [0.15, 0.2) is 11.2 Å². The van der Waals surface area contributed by atoms with E-state index in [9.17, 15) is 9.59 Å². The summed E-state index contributed by atoms with van der Waals surface area (Å²) in [5.41, 5.74) is 2.42. The summed E-state index contributed by atoms with van der Waals surface area (Å²) >= 11 is 0. The number of carbonyl (C=O) groups is 1. The van der Waals surface area contributed by atoms with Gasteiger partial charge < -0.3 is 14.2 Å². The Kier molecular flexibility index (Phi) is 4.21. The number of anilines is 1. The predicted octanol–water partition coefficient (Wildman–Crippen LogP) is 3.06. The number of para-hydroxylation sites is 1. The molecule has 4 rings (SSSR count). The Hall–Kier alpha value is -3.08. The van der Waals surface area contributed by atoms with Crippen LogP contribution in [0.25, 0.3) is 11.0 Å². The minimum atomic E-state index is -0.225. The third-order valence-corrected chi connectivity index (χ3v) is 4.78. The van der Waals surface area contributed by atoms with Crippen molar-refractivity contribution in [2.24, 2.45) is 0 Å². The molecule has 1 aromatic heterocycles. The van der Waals surface area contributed by atoms with E-state index in [4.69, 9.17) is 4.42 Å². The van der Waals surface area contributed by atoms with Gasteiger partial charge in [0.05, 0.1) is 5.39 Å². The highest BCUT2D eigenvalue weighted by Gasteiger charge is 2.24. The molecule has 0 bridgehead atoms. The van der Waals surface area contributed by atoms with E-state index < -0.39 is 0 Å². The minimum Gasteiger partial charge on any atom is -0.451 e. The molecule has 3 aromatic rings. The van der Waals surface area contributed by atoms with Crippen LogP contribution in [0.1, 0.15) is 16.1 Å². The molecule has 1 aliphatic rings. The maximum absolute atomic E-state index is 12.8. The number of piperazine rings is 1. The Morgan fingerprint density at radius 1 is 0.962 bits per heavy atom. The molecular formula is C21H20N2O3. The van der Waals surface area contributed by atoms with Gasteiger partial charge in [-0.05, 0) is 31.2 Å². The van der Waals surface area contributed by atoms with Gasteiger partial charge in [0, 0.05) is 37.9 Å². The van der Waals surface area contributed by atoms with Crippen molar-refractivity contribution < 1.29 is 9.21 Å². The Bertz CT molecular complexity index is 1000. The zero-order valence-electron chi connectivity index (χ0n) is 14.6. The third kappa shape index (κ3) is 3.08. The Labute approximate surface area is 151 Å². The van der Waals surface area contributed by atoms with Crippen molar-refractivity contribution in [2.45, 2.75) is 6.92 Å². The van der Waals surface area contributed by atoms with Gasteiger partial charge in [0.1, 0.15) is 5.58 Å². The van der Waals surface area contributed by atoms with Crippen LogP contribution in [0.2, 0.25) is 0 Å². The van der Waals surface area contributed by atoms with Crippen LogP contribution in [0.4, 0.5) is 5.69 Å². The minimum absolute atomic E-state index is 0.111. The van der Waals surface area contributed by atoms with Crippen LogP contribution in [0.3, 0.4) is 0 Å². The molecule has 2 aromatic carbocycles. The zero-order chi connectivity index (χ0) is 18.1. The van der Waals surface area contributed by atoms with Gasteiger partial charge in [-0.2, -0.15) is 0 Å². The molecule has 1 aliphatic heterocycles.